The topological polar surface area (TPSA) is 17.1 Å². The fraction of sp³-hybridized carbons (Fsp3) is 0.643. The molecule has 2 heteroatoms. The van der Waals surface area contributed by atoms with Crippen LogP contribution in [0.25, 0.3) is 0 Å². The summed E-state index contributed by atoms with van der Waals surface area (Å²) >= 11 is 1.82. The molecule has 1 heterocycles. The van der Waals surface area contributed by atoms with Gasteiger partial charge in [-0.1, -0.05) is 20.3 Å². The van der Waals surface area contributed by atoms with Gasteiger partial charge in [0.25, 0.3) is 0 Å². The highest BCUT2D eigenvalue weighted by Crippen LogP contribution is 2.37. The fourth-order valence-corrected chi connectivity index (χ4v) is 3.69. The average Bonchev–Trinajstić information content (AvgIpc) is 2.76. The molecular weight excluding hydrogens is 216 g/mol. The minimum Gasteiger partial charge on any atom is -0.299 e. The van der Waals surface area contributed by atoms with Gasteiger partial charge >= 0.3 is 0 Å². The number of aryl methyl sites for hydroxylation is 1. The molecule has 1 aliphatic rings. The second kappa shape index (κ2) is 5.13. The molecule has 2 atom stereocenters. The maximum Gasteiger partial charge on any atom is 0.143 e. The van der Waals surface area contributed by atoms with Gasteiger partial charge < -0.3 is 0 Å². The number of rotatable bonds is 4. The second-order valence-electron chi connectivity index (χ2n) is 4.84. The van der Waals surface area contributed by atoms with E-state index in [1.807, 2.05) is 11.3 Å². The van der Waals surface area contributed by atoms with Gasteiger partial charge in [0, 0.05) is 16.7 Å². The predicted octanol–water partition coefficient (Wildman–Crippen LogP) is 4.17. The third-order valence-corrected chi connectivity index (χ3v) is 4.60. The van der Waals surface area contributed by atoms with Gasteiger partial charge in [-0.25, -0.2) is 0 Å². The Balaban J connectivity index is 2.15. The summed E-state index contributed by atoms with van der Waals surface area (Å²) < 4.78 is 0. The summed E-state index contributed by atoms with van der Waals surface area (Å²) in [5, 5.41) is 2.14. The van der Waals surface area contributed by atoms with Crippen LogP contribution in [0.3, 0.4) is 0 Å². The standard InChI is InChI=1S/C14H20OS/c1-3-5-10(2)14(15)12-6-4-7-13-11(12)8-9-16-13/h8-10,12H,3-7H2,1-2H3. The lowest BCUT2D eigenvalue weighted by Crippen LogP contribution is -2.22. The van der Waals surface area contributed by atoms with Crippen LogP contribution in [-0.4, -0.2) is 5.78 Å². The largest absolute Gasteiger partial charge is 0.299 e. The van der Waals surface area contributed by atoms with Crippen LogP contribution in [0.2, 0.25) is 0 Å². The van der Waals surface area contributed by atoms with E-state index in [1.54, 1.807) is 0 Å². The van der Waals surface area contributed by atoms with Crippen LogP contribution in [0, 0.1) is 5.92 Å². The monoisotopic (exact) mass is 236 g/mol. The zero-order chi connectivity index (χ0) is 11.5. The van der Waals surface area contributed by atoms with Gasteiger partial charge in [0.15, 0.2) is 0 Å². The van der Waals surface area contributed by atoms with E-state index in [4.69, 9.17) is 0 Å². The highest BCUT2D eigenvalue weighted by Gasteiger charge is 2.29. The molecule has 0 amide bonds. The van der Waals surface area contributed by atoms with E-state index in [9.17, 15) is 4.79 Å². The fourth-order valence-electron chi connectivity index (χ4n) is 2.70. The molecule has 1 nitrogen and oxygen atoms in total. The molecule has 0 N–H and O–H groups in total. The van der Waals surface area contributed by atoms with Crippen molar-refractivity contribution in [3.63, 3.8) is 0 Å². The zero-order valence-corrected chi connectivity index (χ0v) is 11.0. The van der Waals surface area contributed by atoms with Gasteiger partial charge in [0.2, 0.25) is 0 Å². The summed E-state index contributed by atoms with van der Waals surface area (Å²) in [5.74, 6) is 0.915. The molecule has 0 saturated carbocycles. The summed E-state index contributed by atoms with van der Waals surface area (Å²) in [6, 6.07) is 2.17. The van der Waals surface area contributed by atoms with E-state index >= 15 is 0 Å². The first-order chi connectivity index (χ1) is 7.74. The van der Waals surface area contributed by atoms with Gasteiger partial charge in [-0.15, -0.1) is 11.3 Å². The van der Waals surface area contributed by atoms with Crippen LogP contribution < -0.4 is 0 Å². The molecular formula is C14H20OS. The SMILES string of the molecule is CCCC(C)C(=O)C1CCCc2sccc21. The average molecular weight is 236 g/mol. The van der Waals surface area contributed by atoms with Crippen molar-refractivity contribution in [2.24, 2.45) is 5.92 Å². The summed E-state index contributed by atoms with van der Waals surface area (Å²) in [4.78, 5) is 13.8. The normalized spacial score (nSPS) is 21.5. The Morgan fingerprint density at radius 1 is 1.62 bits per heavy atom. The Morgan fingerprint density at radius 2 is 2.44 bits per heavy atom. The number of thiophene rings is 1. The van der Waals surface area contributed by atoms with Crippen LogP contribution in [0.4, 0.5) is 0 Å². The van der Waals surface area contributed by atoms with Crippen LogP contribution in [0.15, 0.2) is 11.4 Å². The lowest BCUT2D eigenvalue weighted by molar-refractivity contribution is -0.124. The van der Waals surface area contributed by atoms with E-state index in [0.29, 0.717) is 5.78 Å². The molecule has 88 valence electrons. The van der Waals surface area contributed by atoms with Crippen molar-refractivity contribution in [2.45, 2.75) is 51.9 Å². The van der Waals surface area contributed by atoms with Crippen molar-refractivity contribution in [1.29, 1.82) is 0 Å². The Morgan fingerprint density at radius 3 is 3.19 bits per heavy atom. The van der Waals surface area contributed by atoms with E-state index in [-0.39, 0.29) is 11.8 Å². The third-order valence-electron chi connectivity index (χ3n) is 3.60. The van der Waals surface area contributed by atoms with Gasteiger partial charge in [-0.05, 0) is 42.7 Å². The first-order valence-corrected chi connectivity index (χ1v) is 7.22. The quantitative estimate of drug-likeness (QED) is 0.766. The molecule has 1 aromatic heterocycles. The predicted molar refractivity (Wildman–Crippen MR) is 69.1 cm³/mol. The van der Waals surface area contributed by atoms with Crippen molar-refractivity contribution < 1.29 is 4.79 Å². The number of carbonyl (C=O) groups excluding carboxylic acids is 1. The van der Waals surface area contributed by atoms with Crippen molar-refractivity contribution in [2.75, 3.05) is 0 Å². The summed E-state index contributed by atoms with van der Waals surface area (Å²) in [7, 11) is 0. The highest BCUT2D eigenvalue weighted by atomic mass is 32.1. The Labute approximate surface area is 102 Å². The second-order valence-corrected chi connectivity index (χ2v) is 5.84. The van der Waals surface area contributed by atoms with Crippen LogP contribution >= 0.6 is 11.3 Å². The lowest BCUT2D eigenvalue weighted by atomic mass is 9.80. The zero-order valence-electron chi connectivity index (χ0n) is 10.2. The number of carbonyl (C=O) groups is 1. The third kappa shape index (κ3) is 2.22. The Hall–Kier alpha value is -0.630. The lowest BCUT2D eigenvalue weighted by Gasteiger charge is -2.24. The molecule has 0 spiro atoms. The smallest absolute Gasteiger partial charge is 0.143 e. The molecule has 0 aromatic carbocycles. The van der Waals surface area contributed by atoms with E-state index in [2.05, 4.69) is 25.3 Å². The van der Waals surface area contributed by atoms with Crippen molar-refractivity contribution in [1.82, 2.24) is 0 Å². The molecule has 2 rings (SSSR count). The first kappa shape index (κ1) is 11.8. The van der Waals surface area contributed by atoms with Crippen LogP contribution in [0.5, 0.6) is 0 Å². The number of hydrogen-bond acceptors (Lipinski definition) is 2. The molecule has 0 aliphatic heterocycles. The van der Waals surface area contributed by atoms with Gasteiger partial charge in [0.05, 0.1) is 0 Å². The van der Waals surface area contributed by atoms with E-state index in [0.717, 1.165) is 19.3 Å². The Bertz CT molecular complexity index is 367. The van der Waals surface area contributed by atoms with E-state index < -0.39 is 0 Å². The van der Waals surface area contributed by atoms with Gasteiger partial charge in [0.1, 0.15) is 5.78 Å². The molecule has 0 saturated heterocycles. The minimum absolute atomic E-state index is 0.205. The first-order valence-electron chi connectivity index (χ1n) is 6.34. The van der Waals surface area contributed by atoms with E-state index in [1.165, 1.54) is 23.3 Å². The number of fused-ring (bicyclic) bond motifs is 1. The van der Waals surface area contributed by atoms with Gasteiger partial charge in [-0.2, -0.15) is 0 Å². The molecule has 16 heavy (non-hydrogen) atoms. The maximum atomic E-state index is 12.4. The molecule has 0 fully saturated rings. The van der Waals surface area contributed by atoms with Gasteiger partial charge in [-0.3, -0.25) is 4.79 Å². The highest BCUT2D eigenvalue weighted by molar-refractivity contribution is 7.10. The maximum absolute atomic E-state index is 12.4. The Kier molecular flexibility index (Phi) is 3.80. The molecule has 1 aromatic rings. The van der Waals surface area contributed by atoms with Crippen LogP contribution in [0.1, 0.15) is 55.9 Å². The minimum atomic E-state index is 0.205. The summed E-state index contributed by atoms with van der Waals surface area (Å²) in [6.45, 7) is 4.24. The molecule has 2 unspecified atom stereocenters. The number of ketones is 1. The summed E-state index contributed by atoms with van der Waals surface area (Å²) in [6.07, 6.45) is 5.57. The van der Waals surface area contributed by atoms with Crippen molar-refractivity contribution >= 4 is 17.1 Å². The van der Waals surface area contributed by atoms with Crippen molar-refractivity contribution in [3.8, 4) is 0 Å². The summed E-state index contributed by atoms with van der Waals surface area (Å²) in [5.41, 5.74) is 1.34. The molecule has 1 aliphatic carbocycles. The number of hydrogen-bond donors (Lipinski definition) is 0. The molecule has 0 radical (unpaired) electrons. The number of Topliss-reactive ketones (excluding diaryl/α,β-unsaturated/α-hetero) is 1. The van der Waals surface area contributed by atoms with Crippen molar-refractivity contribution in [3.05, 3.63) is 21.9 Å². The molecule has 0 bridgehead atoms. The van der Waals surface area contributed by atoms with Crippen LogP contribution in [-0.2, 0) is 11.2 Å².